The van der Waals surface area contributed by atoms with Gasteiger partial charge in [-0.15, -0.1) is 0 Å². The maximum Gasteiger partial charge on any atom is 0.171 e. The number of anilines is 1. The average Bonchev–Trinajstić information content (AvgIpc) is 3.18. The summed E-state index contributed by atoms with van der Waals surface area (Å²) in [6, 6.07) is 19.6. The van der Waals surface area contributed by atoms with Crippen LogP contribution in [0.15, 0.2) is 60.7 Å². The number of rotatable bonds is 4. The van der Waals surface area contributed by atoms with Gasteiger partial charge in [0.2, 0.25) is 0 Å². The SMILES string of the molecule is CC[C@@]12C=C(CNC(=S)Nc3ccccc3)n3c4c(c5ccccc53)CCN(CCC1)[C@H]42. The van der Waals surface area contributed by atoms with E-state index in [9.17, 15) is 0 Å². The van der Waals surface area contributed by atoms with E-state index in [1.54, 1.807) is 11.3 Å². The summed E-state index contributed by atoms with van der Waals surface area (Å²) < 4.78 is 2.55. The van der Waals surface area contributed by atoms with Crippen LogP contribution >= 0.6 is 12.2 Å². The Morgan fingerprint density at radius 2 is 1.91 bits per heavy atom. The molecule has 4 nitrogen and oxygen atoms in total. The van der Waals surface area contributed by atoms with Crippen molar-refractivity contribution in [2.45, 2.75) is 38.6 Å². The fourth-order valence-corrected chi connectivity index (χ4v) is 6.58. The lowest BCUT2D eigenvalue weighted by Gasteiger charge is -2.53. The lowest BCUT2D eigenvalue weighted by atomic mass is 9.66. The molecule has 3 aromatic rings. The van der Waals surface area contributed by atoms with E-state index in [-0.39, 0.29) is 5.41 Å². The molecule has 2 aromatic carbocycles. The van der Waals surface area contributed by atoms with Crippen LogP contribution in [0.25, 0.3) is 16.6 Å². The number of benzene rings is 2. The first kappa shape index (κ1) is 20.0. The van der Waals surface area contributed by atoms with Gasteiger partial charge in [0, 0.05) is 34.4 Å². The zero-order valence-corrected chi connectivity index (χ0v) is 19.4. The molecule has 4 heterocycles. The maximum atomic E-state index is 5.64. The lowest BCUT2D eigenvalue weighted by Crippen LogP contribution is -2.51. The van der Waals surface area contributed by atoms with Crippen LogP contribution in [0, 0.1) is 5.41 Å². The van der Waals surface area contributed by atoms with Crippen molar-refractivity contribution in [2.24, 2.45) is 5.41 Å². The predicted molar refractivity (Wildman–Crippen MR) is 137 cm³/mol. The summed E-state index contributed by atoms with van der Waals surface area (Å²) in [6.45, 7) is 5.50. The van der Waals surface area contributed by atoms with Gasteiger partial charge in [0.05, 0.1) is 18.1 Å². The summed E-state index contributed by atoms with van der Waals surface area (Å²) in [5.74, 6) is 0. The van der Waals surface area contributed by atoms with Gasteiger partial charge in [0.15, 0.2) is 5.11 Å². The van der Waals surface area contributed by atoms with Crippen molar-refractivity contribution in [2.75, 3.05) is 25.0 Å². The molecular formula is C27H30N4S. The molecule has 0 spiro atoms. The highest BCUT2D eigenvalue weighted by molar-refractivity contribution is 7.80. The number of hydrogen-bond acceptors (Lipinski definition) is 2. The molecule has 5 heteroatoms. The van der Waals surface area contributed by atoms with Crippen molar-refractivity contribution >= 4 is 39.6 Å². The molecule has 6 rings (SSSR count). The third kappa shape index (κ3) is 3.02. The van der Waals surface area contributed by atoms with Gasteiger partial charge in [-0.05, 0) is 68.2 Å². The molecule has 164 valence electrons. The molecular weight excluding hydrogens is 412 g/mol. The highest BCUT2D eigenvalue weighted by atomic mass is 32.1. The van der Waals surface area contributed by atoms with Gasteiger partial charge >= 0.3 is 0 Å². The standard InChI is InChI=1S/C27H30N4S/c1-2-27-14-8-15-30-16-13-22-21-11-6-7-12-23(21)31(24(22)25(27)30)20(17-27)18-28-26(32)29-19-9-4-3-5-10-19/h3-7,9-12,17,25H,2,8,13-16,18H2,1H3,(H2,28,29,32)/t25-,27+/m1/s1. The Morgan fingerprint density at radius 1 is 1.09 bits per heavy atom. The van der Waals surface area contributed by atoms with E-state index < -0.39 is 0 Å². The Morgan fingerprint density at radius 3 is 2.75 bits per heavy atom. The van der Waals surface area contributed by atoms with E-state index in [0.29, 0.717) is 11.2 Å². The zero-order chi connectivity index (χ0) is 21.7. The smallest absolute Gasteiger partial charge is 0.171 e. The molecule has 1 aromatic heterocycles. The Bertz CT molecular complexity index is 1210. The Labute approximate surface area is 195 Å². The van der Waals surface area contributed by atoms with E-state index in [1.807, 2.05) is 30.3 Å². The van der Waals surface area contributed by atoms with Crippen LogP contribution in [0.2, 0.25) is 0 Å². The summed E-state index contributed by atoms with van der Waals surface area (Å²) in [5, 5.41) is 8.91. The second-order valence-corrected chi connectivity index (χ2v) is 9.81. The number of aromatic nitrogens is 1. The maximum absolute atomic E-state index is 5.64. The number of para-hydroxylation sites is 2. The molecule has 0 radical (unpaired) electrons. The zero-order valence-electron chi connectivity index (χ0n) is 18.6. The third-order valence-electron chi connectivity index (χ3n) is 7.79. The van der Waals surface area contributed by atoms with E-state index in [1.165, 1.54) is 49.0 Å². The fraction of sp³-hybridized carbons (Fsp3) is 0.370. The second kappa shape index (κ2) is 7.75. The van der Waals surface area contributed by atoms with Crippen molar-refractivity contribution in [1.29, 1.82) is 0 Å². The quantitative estimate of drug-likeness (QED) is 0.517. The van der Waals surface area contributed by atoms with Crippen molar-refractivity contribution in [3.8, 4) is 0 Å². The molecule has 3 aliphatic heterocycles. The van der Waals surface area contributed by atoms with Crippen molar-refractivity contribution in [3.05, 3.63) is 71.9 Å². The second-order valence-electron chi connectivity index (χ2n) is 9.40. The van der Waals surface area contributed by atoms with Crippen LogP contribution in [-0.2, 0) is 6.42 Å². The summed E-state index contributed by atoms with van der Waals surface area (Å²) in [4.78, 5) is 2.76. The minimum atomic E-state index is 0.212. The molecule has 3 aliphatic rings. The molecule has 2 N–H and O–H groups in total. The number of thiocarbonyl (C=S) groups is 1. The van der Waals surface area contributed by atoms with Gasteiger partial charge in [-0.25, -0.2) is 0 Å². The van der Waals surface area contributed by atoms with Crippen molar-refractivity contribution < 1.29 is 0 Å². The molecule has 1 fully saturated rings. The normalized spacial score (nSPS) is 24.0. The summed E-state index contributed by atoms with van der Waals surface area (Å²) in [6.07, 6.45) is 7.46. The van der Waals surface area contributed by atoms with Gasteiger partial charge < -0.3 is 15.2 Å². The minimum Gasteiger partial charge on any atom is -0.357 e. The lowest BCUT2D eigenvalue weighted by molar-refractivity contribution is 0.0269. The molecule has 0 saturated carbocycles. The van der Waals surface area contributed by atoms with E-state index in [4.69, 9.17) is 12.2 Å². The minimum absolute atomic E-state index is 0.212. The van der Waals surface area contributed by atoms with E-state index in [0.717, 1.165) is 18.7 Å². The molecule has 0 amide bonds. The van der Waals surface area contributed by atoms with Crippen LogP contribution in [0.5, 0.6) is 0 Å². The topological polar surface area (TPSA) is 32.2 Å². The third-order valence-corrected chi connectivity index (χ3v) is 8.03. The summed E-state index contributed by atoms with van der Waals surface area (Å²) >= 11 is 5.64. The predicted octanol–water partition coefficient (Wildman–Crippen LogP) is 5.57. The van der Waals surface area contributed by atoms with Gasteiger partial charge in [-0.1, -0.05) is 49.4 Å². The average molecular weight is 443 g/mol. The molecule has 0 unspecified atom stereocenters. The number of hydrogen-bond donors (Lipinski definition) is 2. The van der Waals surface area contributed by atoms with E-state index in [2.05, 4.69) is 57.4 Å². The molecule has 1 saturated heterocycles. The highest BCUT2D eigenvalue weighted by Crippen LogP contribution is 2.56. The number of nitrogens with one attached hydrogen (secondary N) is 2. The van der Waals surface area contributed by atoms with Crippen LogP contribution in [0.3, 0.4) is 0 Å². The number of piperidine rings is 1. The first-order valence-corrected chi connectivity index (χ1v) is 12.3. The van der Waals surface area contributed by atoms with Crippen LogP contribution in [0.4, 0.5) is 5.69 Å². The monoisotopic (exact) mass is 442 g/mol. The van der Waals surface area contributed by atoms with Gasteiger partial charge in [-0.2, -0.15) is 0 Å². The number of fused-ring (bicyclic) bond motifs is 3. The Kier molecular flexibility index (Phi) is 4.85. The highest BCUT2D eigenvalue weighted by Gasteiger charge is 2.50. The van der Waals surface area contributed by atoms with Crippen LogP contribution < -0.4 is 10.6 Å². The van der Waals surface area contributed by atoms with Crippen LogP contribution in [-0.4, -0.2) is 34.2 Å². The molecule has 0 aliphatic carbocycles. The Hall–Kier alpha value is -2.63. The first-order valence-electron chi connectivity index (χ1n) is 11.9. The molecule has 2 atom stereocenters. The molecule has 32 heavy (non-hydrogen) atoms. The summed E-state index contributed by atoms with van der Waals surface area (Å²) in [7, 11) is 0. The number of nitrogens with zero attached hydrogens (tertiary/aromatic N) is 2. The first-order chi connectivity index (χ1) is 15.7. The van der Waals surface area contributed by atoms with Crippen molar-refractivity contribution in [1.82, 2.24) is 14.8 Å². The largest absolute Gasteiger partial charge is 0.357 e. The Balaban J connectivity index is 1.40. The van der Waals surface area contributed by atoms with E-state index >= 15 is 0 Å². The summed E-state index contributed by atoms with van der Waals surface area (Å²) in [5.41, 5.74) is 7.01. The van der Waals surface area contributed by atoms with Gasteiger partial charge in [0.25, 0.3) is 0 Å². The molecule has 0 bridgehead atoms. The van der Waals surface area contributed by atoms with Gasteiger partial charge in [0.1, 0.15) is 0 Å². The fourth-order valence-electron chi connectivity index (χ4n) is 6.39. The van der Waals surface area contributed by atoms with Crippen molar-refractivity contribution in [3.63, 3.8) is 0 Å². The van der Waals surface area contributed by atoms with Gasteiger partial charge in [-0.3, -0.25) is 4.90 Å². The van der Waals surface area contributed by atoms with Crippen LogP contribution in [0.1, 0.15) is 43.5 Å².